The molecule has 3 aromatic rings. The molecule has 3 aliphatic carbocycles. The first-order chi connectivity index (χ1) is 14.6. The van der Waals surface area contributed by atoms with E-state index in [2.05, 4.69) is 25.3 Å². The van der Waals surface area contributed by atoms with Crippen LogP contribution in [0.2, 0.25) is 0 Å². The second-order valence-corrected chi connectivity index (χ2v) is 7.66. The minimum atomic E-state index is -0.459. The molecular formula is C20H22F2N6O2. The fourth-order valence-corrected chi connectivity index (χ4v) is 4.49. The highest BCUT2D eigenvalue weighted by Crippen LogP contribution is 2.42. The van der Waals surface area contributed by atoms with E-state index in [9.17, 15) is 8.78 Å². The van der Waals surface area contributed by atoms with Crippen LogP contribution >= 0.6 is 0 Å². The molecule has 30 heavy (non-hydrogen) atoms. The first-order valence-corrected chi connectivity index (χ1v) is 9.84. The number of hydrogen-bond donors (Lipinski definition) is 4. The van der Waals surface area contributed by atoms with Crippen molar-refractivity contribution in [3.63, 3.8) is 0 Å². The largest absolute Gasteiger partial charge is 0.364 e. The van der Waals surface area contributed by atoms with Crippen molar-refractivity contribution >= 4 is 23.3 Å². The number of hydrogen-bond acceptors (Lipinski definition) is 6. The Morgan fingerprint density at radius 3 is 2.60 bits per heavy atom. The van der Waals surface area contributed by atoms with E-state index < -0.39 is 11.6 Å². The summed E-state index contributed by atoms with van der Waals surface area (Å²) in [6, 6.07) is 1.65. The fraction of sp³-hybridized carbons (Fsp3) is 0.400. The number of nitrogens with zero attached hydrogens (tertiary/aromatic N) is 3. The molecule has 6 rings (SSSR count). The molecule has 3 heterocycles. The molecule has 3 aliphatic rings. The number of carbonyl (C=O) groups excluding carboxylic acids is 1. The molecule has 3 saturated carbocycles. The summed E-state index contributed by atoms with van der Waals surface area (Å²) in [6.07, 6.45) is 10.2. The van der Waals surface area contributed by atoms with Gasteiger partial charge < -0.3 is 10.3 Å². The van der Waals surface area contributed by atoms with E-state index in [0.717, 1.165) is 18.5 Å². The van der Waals surface area contributed by atoms with Crippen molar-refractivity contribution in [2.75, 3.05) is 5.32 Å². The van der Waals surface area contributed by atoms with E-state index in [-0.39, 0.29) is 18.3 Å². The van der Waals surface area contributed by atoms with Crippen molar-refractivity contribution in [2.45, 2.75) is 38.1 Å². The molecule has 4 N–H and O–H groups in total. The van der Waals surface area contributed by atoms with Crippen molar-refractivity contribution in [2.24, 2.45) is 11.8 Å². The number of hydroxylamine groups is 1. The number of pyridine rings is 1. The summed E-state index contributed by atoms with van der Waals surface area (Å²) >= 11 is 0. The topological polar surface area (TPSA) is 116 Å². The van der Waals surface area contributed by atoms with E-state index in [1.54, 1.807) is 6.20 Å². The Balaban J connectivity index is 0.000000503. The van der Waals surface area contributed by atoms with E-state index in [1.807, 2.05) is 0 Å². The molecule has 0 saturated heterocycles. The number of amides is 1. The molecule has 0 aromatic carbocycles. The van der Waals surface area contributed by atoms with Gasteiger partial charge in [0.2, 0.25) is 6.41 Å². The number of aromatic amines is 1. The van der Waals surface area contributed by atoms with Crippen LogP contribution in [0.3, 0.4) is 0 Å². The predicted octanol–water partition coefficient (Wildman–Crippen LogP) is 3.41. The van der Waals surface area contributed by atoms with Gasteiger partial charge in [0.25, 0.3) is 0 Å². The Bertz CT molecular complexity index is 1040. The average Bonchev–Trinajstić information content (AvgIpc) is 3.19. The van der Waals surface area contributed by atoms with Crippen molar-refractivity contribution in [3.05, 3.63) is 36.3 Å². The van der Waals surface area contributed by atoms with Crippen LogP contribution in [0.25, 0.3) is 22.4 Å². The normalized spacial score (nSPS) is 22.3. The number of carbonyl (C=O) groups is 1. The maximum absolute atomic E-state index is 14.3. The first kappa shape index (κ1) is 20.1. The molecule has 3 fully saturated rings. The second-order valence-electron chi connectivity index (χ2n) is 7.66. The monoisotopic (exact) mass is 416 g/mol. The van der Waals surface area contributed by atoms with Crippen molar-refractivity contribution in [1.29, 1.82) is 0 Å². The van der Waals surface area contributed by atoms with Gasteiger partial charge in [-0.05, 0) is 37.2 Å². The molecule has 3 aromatic heterocycles. The van der Waals surface area contributed by atoms with Gasteiger partial charge in [0.15, 0.2) is 17.5 Å². The molecule has 158 valence electrons. The summed E-state index contributed by atoms with van der Waals surface area (Å²) in [4.78, 5) is 24.3. The Morgan fingerprint density at radius 2 is 1.93 bits per heavy atom. The summed E-state index contributed by atoms with van der Waals surface area (Å²) in [5.74, 6) is 1.02. The summed E-state index contributed by atoms with van der Waals surface area (Å²) in [6.45, 7) is 0. The molecule has 0 aliphatic heterocycles. The average molecular weight is 416 g/mol. The second kappa shape index (κ2) is 8.70. The number of anilines is 1. The van der Waals surface area contributed by atoms with Gasteiger partial charge in [-0.1, -0.05) is 12.8 Å². The standard InChI is InChI=1S/C19H19F2N5.CH3NO2/c20-12-6-13-14(8-23-17(13)22-7-12)18-24-9-15(21)19(26-18)25-16-5-10-1-3-11(16)4-2-10;3-1-2-4/h6-11,16H,1-5H2,(H,22,23)(H,24,25,26);1,4H,(H,2,3). The van der Waals surface area contributed by atoms with Gasteiger partial charge in [-0.3, -0.25) is 10.0 Å². The van der Waals surface area contributed by atoms with Crippen LogP contribution in [0.15, 0.2) is 24.7 Å². The fourth-order valence-electron chi connectivity index (χ4n) is 4.49. The number of rotatable bonds is 4. The number of nitrogens with one attached hydrogen (secondary N) is 3. The lowest BCUT2D eigenvalue weighted by molar-refractivity contribution is -0.116. The van der Waals surface area contributed by atoms with Gasteiger partial charge >= 0.3 is 0 Å². The molecule has 1 atom stereocenters. The van der Waals surface area contributed by atoms with E-state index in [4.69, 9.17) is 10.0 Å². The lowest BCUT2D eigenvalue weighted by Gasteiger charge is -2.42. The Labute approximate surface area is 171 Å². The highest BCUT2D eigenvalue weighted by atomic mass is 19.1. The van der Waals surface area contributed by atoms with Crippen LogP contribution in [0.4, 0.5) is 14.6 Å². The maximum atomic E-state index is 14.3. The Hall–Kier alpha value is -3.14. The molecule has 0 radical (unpaired) electrons. The smallest absolute Gasteiger partial charge is 0.230 e. The molecule has 1 unspecified atom stereocenters. The maximum Gasteiger partial charge on any atom is 0.230 e. The summed E-state index contributed by atoms with van der Waals surface area (Å²) in [5.41, 5.74) is 2.41. The van der Waals surface area contributed by atoms with Crippen LogP contribution < -0.4 is 10.8 Å². The summed E-state index contributed by atoms with van der Waals surface area (Å²) < 4.78 is 27.9. The van der Waals surface area contributed by atoms with E-state index >= 15 is 0 Å². The third-order valence-corrected chi connectivity index (χ3v) is 5.91. The van der Waals surface area contributed by atoms with Gasteiger partial charge in [0, 0.05) is 23.2 Å². The summed E-state index contributed by atoms with van der Waals surface area (Å²) in [5, 5.41) is 11.2. The van der Waals surface area contributed by atoms with Gasteiger partial charge in [0.05, 0.1) is 12.4 Å². The minimum Gasteiger partial charge on any atom is -0.364 e. The zero-order valence-corrected chi connectivity index (χ0v) is 16.1. The molecule has 1 amide bonds. The lowest BCUT2D eigenvalue weighted by atomic mass is 9.68. The highest BCUT2D eigenvalue weighted by molar-refractivity contribution is 5.91. The molecule has 2 bridgehead atoms. The zero-order valence-electron chi connectivity index (χ0n) is 16.1. The first-order valence-electron chi connectivity index (χ1n) is 9.84. The lowest BCUT2D eigenvalue weighted by Crippen LogP contribution is -2.40. The zero-order chi connectivity index (χ0) is 21.1. The minimum absolute atomic E-state index is 0.181. The van der Waals surface area contributed by atoms with Crippen LogP contribution in [0.5, 0.6) is 0 Å². The number of fused-ring (bicyclic) bond motifs is 4. The van der Waals surface area contributed by atoms with Gasteiger partial charge in [-0.15, -0.1) is 0 Å². The van der Waals surface area contributed by atoms with E-state index in [0.29, 0.717) is 28.3 Å². The van der Waals surface area contributed by atoms with Gasteiger partial charge in [0.1, 0.15) is 11.5 Å². The number of H-pyrrole nitrogens is 1. The van der Waals surface area contributed by atoms with Gasteiger partial charge in [-0.2, -0.15) is 0 Å². The van der Waals surface area contributed by atoms with Crippen LogP contribution in [-0.4, -0.2) is 37.6 Å². The van der Waals surface area contributed by atoms with Crippen LogP contribution in [-0.2, 0) is 4.79 Å². The molecular weight excluding hydrogens is 394 g/mol. The van der Waals surface area contributed by atoms with Crippen LogP contribution in [0, 0.1) is 23.5 Å². The molecule has 10 heteroatoms. The van der Waals surface area contributed by atoms with Crippen molar-refractivity contribution < 1.29 is 18.8 Å². The predicted molar refractivity (Wildman–Crippen MR) is 105 cm³/mol. The number of aromatic nitrogens is 4. The quantitative estimate of drug-likeness (QED) is 0.294. The van der Waals surface area contributed by atoms with Gasteiger partial charge in [-0.25, -0.2) is 29.2 Å². The third kappa shape index (κ3) is 4.09. The van der Waals surface area contributed by atoms with Crippen molar-refractivity contribution in [1.82, 2.24) is 25.4 Å². The molecule has 8 nitrogen and oxygen atoms in total. The molecule has 0 spiro atoms. The van der Waals surface area contributed by atoms with Crippen molar-refractivity contribution in [3.8, 4) is 11.4 Å². The Kier molecular flexibility index (Phi) is 5.84. The highest BCUT2D eigenvalue weighted by Gasteiger charge is 2.36. The Morgan fingerprint density at radius 1 is 1.17 bits per heavy atom. The van der Waals surface area contributed by atoms with Crippen LogP contribution in [0.1, 0.15) is 32.1 Å². The summed E-state index contributed by atoms with van der Waals surface area (Å²) in [7, 11) is 0. The van der Waals surface area contributed by atoms with E-state index in [1.165, 1.54) is 43.4 Å². The number of halogens is 2. The third-order valence-electron chi connectivity index (χ3n) is 5.91. The SMILES string of the molecule is Fc1cnc2[nH]cc(-c3ncc(F)c(NC4CC5CCC4CC5)n3)c2c1.O=CNO.